The summed E-state index contributed by atoms with van der Waals surface area (Å²) in [6.45, 7) is 7.63. The number of aryl methyl sites for hydroxylation is 2. The third-order valence-corrected chi connectivity index (χ3v) is 6.70. The predicted molar refractivity (Wildman–Crippen MR) is 148 cm³/mol. The van der Waals surface area contributed by atoms with Crippen molar-refractivity contribution in [1.82, 2.24) is 34.4 Å². The van der Waals surface area contributed by atoms with E-state index in [1.165, 1.54) is 0 Å². The predicted octanol–water partition coefficient (Wildman–Crippen LogP) is 4.88. The van der Waals surface area contributed by atoms with Gasteiger partial charge < -0.3 is 15.2 Å². The van der Waals surface area contributed by atoms with Crippen LogP contribution in [0.15, 0.2) is 42.5 Å². The minimum absolute atomic E-state index is 0.134. The number of unbranched alkanes of at least 4 members (excludes halogenated alkanes) is 1. The largest absolute Gasteiger partial charge is 0.367 e. The van der Waals surface area contributed by atoms with Gasteiger partial charge in [-0.25, -0.2) is 9.97 Å². The number of imidazole rings is 1. The van der Waals surface area contributed by atoms with Crippen molar-refractivity contribution < 1.29 is 4.79 Å². The van der Waals surface area contributed by atoms with Crippen LogP contribution in [0.3, 0.4) is 0 Å². The summed E-state index contributed by atoms with van der Waals surface area (Å²) >= 11 is 0. The van der Waals surface area contributed by atoms with Crippen LogP contribution < -0.4 is 10.6 Å². The Balaban J connectivity index is 1.33. The first-order chi connectivity index (χ1) is 17.9. The van der Waals surface area contributed by atoms with Crippen LogP contribution in [0.4, 0.5) is 5.82 Å². The first-order valence-corrected chi connectivity index (χ1v) is 13.0. The summed E-state index contributed by atoms with van der Waals surface area (Å²) in [5, 5.41) is 15.1. The van der Waals surface area contributed by atoms with E-state index < -0.39 is 0 Å². The molecule has 9 nitrogen and oxygen atoms in total. The average Bonchev–Trinajstić information content (AvgIpc) is 3.45. The monoisotopic (exact) mass is 498 g/mol. The SMILES string of the molecule is Cc1nnc2c(NCCCCNC(=O)CCC(C)C)nc3cc(-c4nc5ccccc5n4C)ccc3n12. The summed E-state index contributed by atoms with van der Waals surface area (Å²) in [6, 6.07) is 14.4. The number of hydrogen-bond donors (Lipinski definition) is 2. The number of benzene rings is 2. The lowest BCUT2D eigenvalue weighted by Gasteiger charge is -2.11. The van der Waals surface area contributed by atoms with Gasteiger partial charge in [0, 0.05) is 32.1 Å². The molecule has 37 heavy (non-hydrogen) atoms. The van der Waals surface area contributed by atoms with E-state index in [1.807, 2.05) is 36.6 Å². The number of amides is 1. The molecule has 0 bridgehead atoms. The van der Waals surface area contributed by atoms with Crippen molar-refractivity contribution in [2.75, 3.05) is 18.4 Å². The molecule has 0 saturated heterocycles. The molecular weight excluding hydrogens is 464 g/mol. The number of rotatable bonds is 10. The number of anilines is 1. The van der Waals surface area contributed by atoms with Crippen molar-refractivity contribution in [3.8, 4) is 11.4 Å². The number of carbonyl (C=O) groups is 1. The average molecular weight is 499 g/mol. The van der Waals surface area contributed by atoms with Crippen LogP contribution in [-0.2, 0) is 11.8 Å². The minimum Gasteiger partial charge on any atom is -0.367 e. The van der Waals surface area contributed by atoms with Crippen LogP contribution >= 0.6 is 0 Å². The van der Waals surface area contributed by atoms with Crippen molar-refractivity contribution >= 4 is 39.4 Å². The molecule has 5 aromatic rings. The quantitative estimate of drug-likeness (QED) is 0.266. The van der Waals surface area contributed by atoms with Gasteiger partial charge in [0.25, 0.3) is 0 Å². The molecule has 0 saturated carbocycles. The van der Waals surface area contributed by atoms with Gasteiger partial charge in [-0.1, -0.05) is 26.0 Å². The molecule has 0 spiro atoms. The maximum absolute atomic E-state index is 11.9. The van der Waals surface area contributed by atoms with Gasteiger partial charge in [-0.3, -0.25) is 9.20 Å². The molecule has 192 valence electrons. The van der Waals surface area contributed by atoms with Crippen molar-refractivity contribution in [3.05, 3.63) is 48.3 Å². The topological polar surface area (TPSA) is 102 Å². The lowest BCUT2D eigenvalue weighted by atomic mass is 10.1. The third-order valence-electron chi connectivity index (χ3n) is 6.70. The number of nitrogens with zero attached hydrogens (tertiary/aromatic N) is 6. The van der Waals surface area contributed by atoms with Crippen LogP contribution in [0, 0.1) is 12.8 Å². The van der Waals surface area contributed by atoms with E-state index in [0.29, 0.717) is 30.3 Å². The number of nitrogens with one attached hydrogen (secondary N) is 2. The zero-order valence-corrected chi connectivity index (χ0v) is 22.0. The lowest BCUT2D eigenvalue weighted by Crippen LogP contribution is -2.24. The maximum atomic E-state index is 11.9. The first kappa shape index (κ1) is 24.7. The van der Waals surface area contributed by atoms with Crippen LogP contribution in [-0.4, -0.2) is 48.1 Å². The smallest absolute Gasteiger partial charge is 0.220 e. The molecule has 0 atom stereocenters. The Labute approximate surface area is 216 Å². The zero-order valence-electron chi connectivity index (χ0n) is 22.0. The fraction of sp³-hybridized carbons (Fsp3) is 0.393. The molecule has 1 amide bonds. The van der Waals surface area contributed by atoms with Gasteiger partial charge in [-0.15, -0.1) is 10.2 Å². The number of para-hydroxylation sites is 2. The van der Waals surface area contributed by atoms with E-state index in [0.717, 1.165) is 65.1 Å². The number of aromatic nitrogens is 6. The summed E-state index contributed by atoms with van der Waals surface area (Å²) in [5.41, 5.74) is 5.57. The molecular formula is C28H34N8O. The second kappa shape index (κ2) is 10.5. The van der Waals surface area contributed by atoms with Crippen molar-refractivity contribution in [3.63, 3.8) is 0 Å². The molecule has 3 aromatic heterocycles. The summed E-state index contributed by atoms with van der Waals surface area (Å²) in [6.07, 6.45) is 3.32. The van der Waals surface area contributed by atoms with Gasteiger partial charge >= 0.3 is 0 Å². The molecule has 0 aliphatic heterocycles. The van der Waals surface area contributed by atoms with Crippen LogP contribution in [0.5, 0.6) is 0 Å². The number of hydrogen-bond acceptors (Lipinski definition) is 6. The molecule has 0 aliphatic rings. The van der Waals surface area contributed by atoms with Crippen molar-refractivity contribution in [2.45, 2.75) is 46.5 Å². The molecule has 0 fully saturated rings. The highest BCUT2D eigenvalue weighted by atomic mass is 16.1. The standard InChI is InChI=1S/C28H34N8O/c1-18(2)11-14-25(37)29-15-7-8-16-30-26-28-34-33-19(3)36(28)24-13-12-20(17-22(24)31-26)27-32-21-9-5-6-10-23(21)35(27)4/h5-6,9-10,12-13,17-18H,7-8,11,14-16H2,1-4H3,(H,29,37)(H,30,31). The highest BCUT2D eigenvalue weighted by Gasteiger charge is 2.16. The van der Waals surface area contributed by atoms with Gasteiger partial charge in [-0.05, 0) is 62.4 Å². The fourth-order valence-electron chi connectivity index (χ4n) is 4.63. The minimum atomic E-state index is 0.134. The second-order valence-electron chi connectivity index (χ2n) is 9.97. The highest BCUT2D eigenvalue weighted by Crippen LogP contribution is 2.28. The van der Waals surface area contributed by atoms with E-state index >= 15 is 0 Å². The Bertz CT molecular complexity index is 1570. The molecule has 2 aromatic carbocycles. The Kier molecular flexibility index (Phi) is 7.03. The maximum Gasteiger partial charge on any atom is 0.220 e. The Morgan fingerprint density at radius 1 is 0.973 bits per heavy atom. The summed E-state index contributed by atoms with van der Waals surface area (Å²) in [5.74, 6) is 3.09. The van der Waals surface area contributed by atoms with Crippen LogP contribution in [0.2, 0.25) is 0 Å². The lowest BCUT2D eigenvalue weighted by molar-refractivity contribution is -0.121. The second-order valence-corrected chi connectivity index (χ2v) is 9.97. The van der Waals surface area contributed by atoms with Gasteiger partial charge in [0.15, 0.2) is 5.82 Å². The van der Waals surface area contributed by atoms with Crippen molar-refractivity contribution in [1.29, 1.82) is 0 Å². The number of carbonyl (C=O) groups excluding carboxylic acids is 1. The van der Waals surface area contributed by atoms with Gasteiger partial charge in [0.05, 0.1) is 22.1 Å². The zero-order chi connectivity index (χ0) is 25.9. The fourth-order valence-corrected chi connectivity index (χ4v) is 4.63. The normalized spacial score (nSPS) is 11.7. The molecule has 0 radical (unpaired) electrons. The van der Waals surface area contributed by atoms with Gasteiger partial charge in [0.1, 0.15) is 11.6 Å². The molecule has 2 N–H and O–H groups in total. The van der Waals surface area contributed by atoms with Gasteiger partial charge in [0.2, 0.25) is 11.6 Å². The Morgan fingerprint density at radius 2 is 1.78 bits per heavy atom. The van der Waals surface area contributed by atoms with E-state index in [9.17, 15) is 4.79 Å². The van der Waals surface area contributed by atoms with E-state index in [2.05, 4.69) is 63.5 Å². The summed E-state index contributed by atoms with van der Waals surface area (Å²) < 4.78 is 4.15. The molecule has 9 heteroatoms. The first-order valence-electron chi connectivity index (χ1n) is 13.0. The van der Waals surface area contributed by atoms with E-state index in [4.69, 9.17) is 9.97 Å². The van der Waals surface area contributed by atoms with E-state index in [-0.39, 0.29) is 5.91 Å². The van der Waals surface area contributed by atoms with E-state index in [1.54, 1.807) is 0 Å². The Morgan fingerprint density at radius 3 is 2.59 bits per heavy atom. The highest BCUT2D eigenvalue weighted by molar-refractivity contribution is 5.88. The van der Waals surface area contributed by atoms with Crippen LogP contribution in [0.25, 0.3) is 39.1 Å². The molecule has 3 heterocycles. The van der Waals surface area contributed by atoms with Crippen molar-refractivity contribution in [2.24, 2.45) is 13.0 Å². The summed E-state index contributed by atoms with van der Waals surface area (Å²) in [4.78, 5) is 21.7. The van der Waals surface area contributed by atoms with Gasteiger partial charge in [-0.2, -0.15) is 0 Å². The van der Waals surface area contributed by atoms with Crippen LogP contribution in [0.1, 0.15) is 45.4 Å². The molecule has 5 rings (SSSR count). The Hall–Kier alpha value is -4.01. The number of fused-ring (bicyclic) bond motifs is 4. The molecule has 0 aliphatic carbocycles. The third kappa shape index (κ3) is 5.12. The summed E-state index contributed by atoms with van der Waals surface area (Å²) in [7, 11) is 2.04. The molecule has 0 unspecified atom stereocenters.